The van der Waals surface area contributed by atoms with E-state index < -0.39 is 12.6 Å². The molecule has 0 aromatic heterocycles. The first-order valence-electron chi connectivity index (χ1n) is 5.64. The van der Waals surface area contributed by atoms with E-state index in [2.05, 4.69) is 9.99 Å². The van der Waals surface area contributed by atoms with Crippen molar-refractivity contribution in [3.8, 4) is 5.75 Å². The smallest absolute Gasteiger partial charge is 0.344 e. The van der Waals surface area contributed by atoms with Crippen LogP contribution in [0.1, 0.15) is 5.56 Å². The van der Waals surface area contributed by atoms with Crippen LogP contribution in [0.3, 0.4) is 0 Å². The molecule has 0 aliphatic rings. The third-order valence-electron chi connectivity index (χ3n) is 2.54. The van der Waals surface area contributed by atoms with Gasteiger partial charge in [-0.25, -0.2) is 4.79 Å². The Morgan fingerprint density at radius 2 is 2.00 bits per heavy atom. The van der Waals surface area contributed by atoms with E-state index in [9.17, 15) is 4.79 Å². The van der Waals surface area contributed by atoms with Crippen LogP contribution in [-0.2, 0) is 9.63 Å². The number of methoxy groups -OCH3 is 1. The first-order valence-corrected chi connectivity index (χ1v) is 5.64. The Balaban J connectivity index is 2.15. The molecule has 2 aromatic rings. The van der Waals surface area contributed by atoms with Gasteiger partial charge in [-0.05, 0) is 34.5 Å². The quantitative estimate of drug-likeness (QED) is 0.660. The molecule has 0 aliphatic heterocycles. The first kappa shape index (κ1) is 12.9. The van der Waals surface area contributed by atoms with Crippen LogP contribution in [0.2, 0.25) is 0 Å². The number of carboxylic acid groups (broad SMARTS) is 1. The maximum Gasteiger partial charge on any atom is 0.344 e. The third kappa shape index (κ3) is 3.45. The minimum Gasteiger partial charge on any atom is -0.497 e. The molecule has 0 heterocycles. The van der Waals surface area contributed by atoms with Gasteiger partial charge in [0.05, 0.1) is 13.3 Å². The third-order valence-corrected chi connectivity index (χ3v) is 2.54. The van der Waals surface area contributed by atoms with Gasteiger partial charge in [0, 0.05) is 0 Å². The van der Waals surface area contributed by atoms with Crippen LogP contribution in [0.5, 0.6) is 5.75 Å². The molecule has 0 radical (unpaired) electrons. The van der Waals surface area contributed by atoms with Gasteiger partial charge in [0.25, 0.3) is 0 Å². The molecule has 0 amide bonds. The van der Waals surface area contributed by atoms with Crippen molar-refractivity contribution in [2.45, 2.75) is 0 Å². The summed E-state index contributed by atoms with van der Waals surface area (Å²) in [7, 11) is 1.63. The van der Waals surface area contributed by atoms with Gasteiger partial charge in [0.2, 0.25) is 6.61 Å². The molecule has 0 saturated carbocycles. The number of benzene rings is 2. The van der Waals surface area contributed by atoms with Crippen molar-refractivity contribution in [1.29, 1.82) is 0 Å². The molecule has 0 spiro atoms. The highest BCUT2D eigenvalue weighted by atomic mass is 16.6. The van der Waals surface area contributed by atoms with Gasteiger partial charge in [-0.2, -0.15) is 0 Å². The van der Waals surface area contributed by atoms with Crippen molar-refractivity contribution >= 4 is 23.0 Å². The minimum atomic E-state index is -1.05. The highest BCUT2D eigenvalue weighted by Gasteiger charge is 1.98. The Labute approximate surface area is 110 Å². The molecule has 5 heteroatoms. The van der Waals surface area contributed by atoms with E-state index in [0.29, 0.717) is 0 Å². The Bertz CT molecular complexity index is 622. The summed E-state index contributed by atoms with van der Waals surface area (Å²) in [5, 5.41) is 14.1. The molecule has 0 aliphatic carbocycles. The number of oxime groups is 1. The summed E-state index contributed by atoms with van der Waals surface area (Å²) >= 11 is 0. The number of ether oxygens (including phenoxy) is 1. The average Bonchev–Trinajstić information content (AvgIpc) is 2.42. The molecule has 2 aromatic carbocycles. The molecule has 2 rings (SSSR count). The number of nitrogens with zero attached hydrogens (tertiary/aromatic N) is 1. The lowest BCUT2D eigenvalue weighted by atomic mass is 10.1. The molecule has 0 saturated heterocycles. The number of rotatable bonds is 5. The monoisotopic (exact) mass is 259 g/mol. The fourth-order valence-electron chi connectivity index (χ4n) is 1.64. The van der Waals surface area contributed by atoms with Gasteiger partial charge < -0.3 is 14.7 Å². The predicted octanol–water partition coefficient (Wildman–Crippen LogP) is 2.28. The van der Waals surface area contributed by atoms with Gasteiger partial charge in [-0.1, -0.05) is 23.4 Å². The largest absolute Gasteiger partial charge is 0.497 e. The van der Waals surface area contributed by atoms with Crippen molar-refractivity contribution in [3.63, 3.8) is 0 Å². The lowest BCUT2D eigenvalue weighted by Crippen LogP contribution is -2.03. The van der Waals surface area contributed by atoms with Gasteiger partial charge in [-0.15, -0.1) is 0 Å². The average molecular weight is 259 g/mol. The maximum absolute atomic E-state index is 10.2. The zero-order chi connectivity index (χ0) is 13.7. The number of carboxylic acids is 1. The summed E-state index contributed by atoms with van der Waals surface area (Å²) in [6, 6.07) is 11.5. The molecule has 0 bridgehead atoms. The van der Waals surface area contributed by atoms with E-state index >= 15 is 0 Å². The summed E-state index contributed by atoms with van der Waals surface area (Å²) < 4.78 is 5.15. The fourth-order valence-corrected chi connectivity index (χ4v) is 1.64. The summed E-state index contributed by atoms with van der Waals surface area (Å²) in [5.41, 5.74) is 0.836. The number of carbonyl (C=O) groups is 1. The SMILES string of the molecule is COc1ccc2cc(C=NOCC(=O)O)ccc2c1. The first-order chi connectivity index (χ1) is 9.19. The molecule has 0 unspecified atom stereocenters. The highest BCUT2D eigenvalue weighted by Crippen LogP contribution is 2.21. The van der Waals surface area contributed by atoms with Crippen LogP contribution in [0.25, 0.3) is 10.8 Å². The van der Waals surface area contributed by atoms with E-state index in [1.165, 1.54) is 6.21 Å². The zero-order valence-corrected chi connectivity index (χ0v) is 10.4. The van der Waals surface area contributed by atoms with Crippen molar-refractivity contribution in [2.24, 2.45) is 5.16 Å². The van der Waals surface area contributed by atoms with Gasteiger partial charge in [-0.3, -0.25) is 0 Å². The maximum atomic E-state index is 10.2. The van der Waals surface area contributed by atoms with E-state index in [-0.39, 0.29) is 0 Å². The standard InChI is InChI=1S/C14H13NO4/c1-18-13-5-4-11-6-10(2-3-12(11)7-13)8-15-19-9-14(16)17/h2-8H,9H2,1H3,(H,16,17). The Morgan fingerprint density at radius 1 is 1.26 bits per heavy atom. The number of hydrogen-bond donors (Lipinski definition) is 1. The molecule has 5 nitrogen and oxygen atoms in total. The highest BCUT2D eigenvalue weighted by molar-refractivity contribution is 5.91. The minimum absolute atomic E-state index is 0.443. The van der Waals surface area contributed by atoms with Crippen molar-refractivity contribution in [2.75, 3.05) is 13.7 Å². The second-order valence-corrected chi connectivity index (χ2v) is 3.87. The van der Waals surface area contributed by atoms with Gasteiger partial charge >= 0.3 is 5.97 Å². The van der Waals surface area contributed by atoms with E-state index in [0.717, 1.165) is 22.1 Å². The summed E-state index contributed by atoms with van der Waals surface area (Å²) in [5.74, 6) is -0.249. The molecule has 0 atom stereocenters. The van der Waals surface area contributed by atoms with Crippen LogP contribution in [-0.4, -0.2) is 31.0 Å². The van der Waals surface area contributed by atoms with Crippen molar-refractivity contribution < 1.29 is 19.5 Å². The predicted molar refractivity (Wildman–Crippen MR) is 71.7 cm³/mol. The number of fused-ring (bicyclic) bond motifs is 1. The topological polar surface area (TPSA) is 68.1 Å². The van der Waals surface area contributed by atoms with Crippen LogP contribution >= 0.6 is 0 Å². The zero-order valence-electron chi connectivity index (χ0n) is 10.4. The summed E-state index contributed by atoms with van der Waals surface area (Å²) in [6.45, 7) is -0.443. The number of aliphatic carboxylic acids is 1. The second kappa shape index (κ2) is 5.86. The van der Waals surface area contributed by atoms with Crippen LogP contribution in [0.15, 0.2) is 41.6 Å². The van der Waals surface area contributed by atoms with Gasteiger partial charge in [0.15, 0.2) is 0 Å². The fraction of sp³-hybridized carbons (Fsp3) is 0.143. The molecule has 1 N–H and O–H groups in total. The van der Waals surface area contributed by atoms with Crippen LogP contribution in [0.4, 0.5) is 0 Å². The normalized spacial score (nSPS) is 10.8. The van der Waals surface area contributed by atoms with E-state index in [4.69, 9.17) is 9.84 Å². The summed E-state index contributed by atoms with van der Waals surface area (Å²) in [4.78, 5) is 14.8. The molecule has 98 valence electrons. The summed E-state index contributed by atoms with van der Waals surface area (Å²) in [6.07, 6.45) is 1.48. The van der Waals surface area contributed by atoms with Crippen molar-refractivity contribution in [3.05, 3.63) is 42.0 Å². The molecule has 19 heavy (non-hydrogen) atoms. The van der Waals surface area contributed by atoms with Crippen molar-refractivity contribution in [1.82, 2.24) is 0 Å². The lowest BCUT2D eigenvalue weighted by molar-refractivity contribution is -0.142. The van der Waals surface area contributed by atoms with Gasteiger partial charge in [0.1, 0.15) is 5.75 Å². The Morgan fingerprint density at radius 3 is 2.74 bits per heavy atom. The van der Waals surface area contributed by atoms with Crippen LogP contribution in [0, 0.1) is 0 Å². The Kier molecular flexibility index (Phi) is 3.97. The Hall–Kier alpha value is -2.56. The van der Waals surface area contributed by atoms with Crippen LogP contribution < -0.4 is 4.74 Å². The lowest BCUT2D eigenvalue weighted by Gasteiger charge is -2.03. The number of hydrogen-bond acceptors (Lipinski definition) is 4. The molecular formula is C14H13NO4. The molecule has 0 fully saturated rings. The second-order valence-electron chi connectivity index (χ2n) is 3.87. The van der Waals surface area contributed by atoms with E-state index in [1.54, 1.807) is 7.11 Å². The van der Waals surface area contributed by atoms with E-state index in [1.807, 2.05) is 36.4 Å². The molecular weight excluding hydrogens is 246 g/mol.